The second-order valence-corrected chi connectivity index (χ2v) is 8.98. The number of sulfone groups is 1. The molecule has 2 heterocycles. The summed E-state index contributed by atoms with van der Waals surface area (Å²) >= 11 is 0. The molecule has 1 aromatic carbocycles. The molecule has 24 heavy (non-hydrogen) atoms. The molecule has 1 atom stereocenters. The van der Waals surface area contributed by atoms with Crippen LogP contribution in [0.25, 0.3) is 0 Å². The summed E-state index contributed by atoms with van der Waals surface area (Å²) in [5.74, 6) is 1.20. The van der Waals surface area contributed by atoms with Gasteiger partial charge in [0.2, 0.25) is 0 Å². The molecule has 2 fully saturated rings. The zero-order valence-electron chi connectivity index (χ0n) is 14.2. The van der Waals surface area contributed by atoms with E-state index in [1.165, 1.54) is 4.90 Å². The van der Waals surface area contributed by atoms with E-state index < -0.39 is 9.84 Å². The van der Waals surface area contributed by atoms with Crippen LogP contribution in [-0.4, -0.2) is 70.1 Å². The second-order valence-electron chi connectivity index (χ2n) is 6.75. The van der Waals surface area contributed by atoms with E-state index in [9.17, 15) is 13.2 Å². The number of carbonyl (C=O) groups is 1. The van der Waals surface area contributed by atoms with Gasteiger partial charge in [-0.3, -0.25) is 4.79 Å². The summed E-state index contributed by atoms with van der Waals surface area (Å²) in [7, 11) is -1.28. The molecule has 132 valence electrons. The lowest BCUT2D eigenvalue weighted by Crippen LogP contribution is -3.18. The first-order valence-corrected chi connectivity index (χ1v) is 10.2. The number of quaternary nitrogens is 1. The molecule has 0 spiro atoms. The first-order chi connectivity index (χ1) is 11.4. The van der Waals surface area contributed by atoms with Crippen molar-refractivity contribution in [1.82, 2.24) is 4.90 Å². The Hall–Kier alpha value is -1.60. The Balaban J connectivity index is 1.65. The van der Waals surface area contributed by atoms with E-state index in [2.05, 4.69) is 0 Å². The molecule has 2 aliphatic rings. The Kier molecular flexibility index (Phi) is 4.83. The Morgan fingerprint density at radius 3 is 2.58 bits per heavy atom. The van der Waals surface area contributed by atoms with Crippen molar-refractivity contribution in [1.29, 1.82) is 0 Å². The SMILES string of the molecule is COc1ccc(C)cc1C(=O)N1CC[NH+]([C@H]2CCS(=O)(=O)C2)CC1. The smallest absolute Gasteiger partial charge is 0.258 e. The number of ether oxygens (including phenoxy) is 1. The predicted molar refractivity (Wildman–Crippen MR) is 91.4 cm³/mol. The van der Waals surface area contributed by atoms with E-state index in [0.29, 0.717) is 35.9 Å². The van der Waals surface area contributed by atoms with Gasteiger partial charge in [-0.2, -0.15) is 0 Å². The molecular weight excluding hydrogens is 328 g/mol. The third kappa shape index (κ3) is 3.57. The Morgan fingerprint density at radius 1 is 1.29 bits per heavy atom. The molecule has 0 saturated carbocycles. The van der Waals surface area contributed by atoms with Crippen LogP contribution in [-0.2, 0) is 9.84 Å². The number of aryl methyl sites for hydroxylation is 1. The normalized spacial score (nSPS) is 24.1. The van der Waals surface area contributed by atoms with Gasteiger partial charge in [0.15, 0.2) is 9.84 Å². The number of benzene rings is 1. The number of hydrogen-bond donors (Lipinski definition) is 1. The van der Waals surface area contributed by atoms with Crippen molar-refractivity contribution in [2.75, 3.05) is 44.8 Å². The number of nitrogens with zero attached hydrogens (tertiary/aromatic N) is 1. The van der Waals surface area contributed by atoms with Crippen molar-refractivity contribution in [3.63, 3.8) is 0 Å². The first kappa shape index (κ1) is 17.2. The van der Waals surface area contributed by atoms with Crippen LogP contribution in [0.5, 0.6) is 5.75 Å². The molecule has 6 nitrogen and oxygen atoms in total. The van der Waals surface area contributed by atoms with E-state index in [1.807, 2.05) is 30.0 Å². The lowest BCUT2D eigenvalue weighted by atomic mass is 10.1. The summed E-state index contributed by atoms with van der Waals surface area (Å²) in [5, 5.41) is 0. The highest BCUT2D eigenvalue weighted by Gasteiger charge is 2.37. The number of nitrogens with one attached hydrogen (secondary N) is 1. The zero-order chi connectivity index (χ0) is 17.3. The van der Waals surface area contributed by atoms with Gasteiger partial charge in [-0.15, -0.1) is 0 Å². The molecule has 1 amide bonds. The molecule has 0 aromatic heterocycles. The van der Waals surface area contributed by atoms with Gasteiger partial charge in [0.05, 0.1) is 44.6 Å². The van der Waals surface area contributed by atoms with Gasteiger partial charge in [0.25, 0.3) is 5.91 Å². The molecule has 0 bridgehead atoms. The van der Waals surface area contributed by atoms with Crippen LogP contribution >= 0.6 is 0 Å². The van der Waals surface area contributed by atoms with Crippen LogP contribution in [0.4, 0.5) is 0 Å². The van der Waals surface area contributed by atoms with Gasteiger partial charge in [-0.1, -0.05) is 11.6 Å². The zero-order valence-corrected chi connectivity index (χ0v) is 15.1. The van der Waals surface area contributed by atoms with Gasteiger partial charge in [0.1, 0.15) is 17.5 Å². The van der Waals surface area contributed by atoms with Crippen LogP contribution in [0, 0.1) is 6.92 Å². The number of amides is 1. The Bertz CT molecular complexity index is 724. The van der Waals surface area contributed by atoms with Crippen molar-refractivity contribution >= 4 is 15.7 Å². The minimum absolute atomic E-state index is 0.00589. The maximum Gasteiger partial charge on any atom is 0.258 e. The molecule has 0 aliphatic carbocycles. The summed E-state index contributed by atoms with van der Waals surface area (Å²) in [6, 6.07) is 5.82. The molecule has 0 unspecified atom stereocenters. The standard InChI is InChI=1S/C17H24N2O4S/c1-13-3-4-16(23-2)15(11-13)17(20)19-8-6-18(7-9-19)14-5-10-24(21,22)12-14/h3-4,11,14H,5-10,12H2,1-2H3/p+1/t14-/m0/s1. The minimum atomic E-state index is -2.85. The summed E-state index contributed by atoms with van der Waals surface area (Å²) < 4.78 is 28.6. The number of carbonyl (C=O) groups excluding carboxylic acids is 1. The van der Waals surface area contributed by atoms with Crippen LogP contribution in [0.15, 0.2) is 18.2 Å². The Labute approximate surface area is 143 Å². The average Bonchev–Trinajstić information content (AvgIpc) is 2.94. The lowest BCUT2D eigenvalue weighted by Gasteiger charge is -2.35. The molecule has 7 heteroatoms. The average molecular weight is 353 g/mol. The predicted octanol–water partition coefficient (Wildman–Crippen LogP) is -0.469. The molecule has 1 aromatic rings. The van der Waals surface area contributed by atoms with E-state index >= 15 is 0 Å². The topological polar surface area (TPSA) is 68.1 Å². The van der Waals surface area contributed by atoms with Gasteiger partial charge < -0.3 is 14.5 Å². The number of methoxy groups -OCH3 is 1. The van der Waals surface area contributed by atoms with Crippen molar-refractivity contribution in [3.05, 3.63) is 29.3 Å². The van der Waals surface area contributed by atoms with Crippen molar-refractivity contribution < 1.29 is 22.8 Å². The van der Waals surface area contributed by atoms with Crippen molar-refractivity contribution in [2.45, 2.75) is 19.4 Å². The quantitative estimate of drug-likeness (QED) is 0.798. The van der Waals surface area contributed by atoms with Crippen LogP contribution in [0.2, 0.25) is 0 Å². The highest BCUT2D eigenvalue weighted by Crippen LogP contribution is 2.21. The largest absolute Gasteiger partial charge is 0.496 e. The van der Waals surface area contributed by atoms with Crippen LogP contribution in [0.1, 0.15) is 22.3 Å². The van der Waals surface area contributed by atoms with Gasteiger partial charge in [0, 0.05) is 6.42 Å². The van der Waals surface area contributed by atoms with Gasteiger partial charge in [-0.25, -0.2) is 8.42 Å². The molecule has 3 rings (SSSR count). The third-order valence-corrected chi connectivity index (χ3v) is 6.86. The van der Waals surface area contributed by atoms with Gasteiger partial charge in [-0.05, 0) is 19.1 Å². The number of piperazine rings is 1. The summed E-state index contributed by atoms with van der Waals surface area (Å²) in [5.41, 5.74) is 1.63. The fourth-order valence-corrected chi connectivity index (χ4v) is 5.51. The van der Waals surface area contributed by atoms with E-state index in [0.717, 1.165) is 25.1 Å². The van der Waals surface area contributed by atoms with E-state index in [-0.39, 0.29) is 11.9 Å². The van der Waals surface area contributed by atoms with Crippen LogP contribution < -0.4 is 9.64 Å². The number of rotatable bonds is 3. The van der Waals surface area contributed by atoms with Crippen molar-refractivity contribution in [2.24, 2.45) is 0 Å². The molecule has 2 aliphatic heterocycles. The van der Waals surface area contributed by atoms with E-state index in [4.69, 9.17) is 4.74 Å². The monoisotopic (exact) mass is 353 g/mol. The first-order valence-electron chi connectivity index (χ1n) is 8.38. The second kappa shape index (κ2) is 6.72. The highest BCUT2D eigenvalue weighted by molar-refractivity contribution is 7.91. The fourth-order valence-electron chi connectivity index (χ4n) is 3.68. The van der Waals surface area contributed by atoms with E-state index in [1.54, 1.807) is 7.11 Å². The molecule has 1 N–H and O–H groups in total. The van der Waals surface area contributed by atoms with Crippen LogP contribution in [0.3, 0.4) is 0 Å². The molecule has 2 saturated heterocycles. The molecular formula is C17H25N2O4S+. The lowest BCUT2D eigenvalue weighted by molar-refractivity contribution is -0.925. The number of hydrogen-bond acceptors (Lipinski definition) is 4. The highest BCUT2D eigenvalue weighted by atomic mass is 32.2. The summed E-state index contributed by atoms with van der Waals surface area (Å²) in [6.45, 7) is 4.88. The summed E-state index contributed by atoms with van der Waals surface area (Å²) in [4.78, 5) is 16.0. The minimum Gasteiger partial charge on any atom is -0.496 e. The van der Waals surface area contributed by atoms with Crippen molar-refractivity contribution in [3.8, 4) is 5.75 Å². The maximum atomic E-state index is 12.8. The third-order valence-electron chi connectivity index (χ3n) is 5.09. The maximum absolute atomic E-state index is 12.8. The summed E-state index contributed by atoms with van der Waals surface area (Å²) in [6.07, 6.45) is 0.747. The Morgan fingerprint density at radius 2 is 2.00 bits per heavy atom. The van der Waals surface area contributed by atoms with Gasteiger partial charge >= 0.3 is 0 Å². The fraction of sp³-hybridized carbons (Fsp3) is 0.588. The molecule has 0 radical (unpaired) electrons.